The number of benzene rings is 1. The lowest BCUT2D eigenvalue weighted by atomic mass is 10.2. The van der Waals surface area contributed by atoms with Crippen LogP contribution in [0.15, 0.2) is 48.8 Å². The Morgan fingerprint density at radius 1 is 1.24 bits per heavy atom. The minimum atomic E-state index is -3.88. The molecule has 0 aliphatic heterocycles. The van der Waals surface area contributed by atoms with E-state index in [1.54, 1.807) is 24.3 Å². The number of furan rings is 1. The summed E-state index contributed by atoms with van der Waals surface area (Å²) in [6, 6.07) is 8.07. The summed E-state index contributed by atoms with van der Waals surface area (Å²) >= 11 is 6.19. The van der Waals surface area contributed by atoms with Crippen LogP contribution in [-0.2, 0) is 16.6 Å². The second-order valence-corrected chi connectivity index (χ2v) is 7.38. The third kappa shape index (κ3) is 3.94. The maximum absolute atomic E-state index is 12.1. The highest BCUT2D eigenvalue weighted by Crippen LogP contribution is 2.26. The van der Waals surface area contributed by atoms with Crippen molar-refractivity contribution in [2.45, 2.75) is 11.4 Å². The van der Waals surface area contributed by atoms with Crippen molar-refractivity contribution < 1.29 is 22.7 Å². The summed E-state index contributed by atoms with van der Waals surface area (Å²) in [5, 5.41) is 8.79. The Morgan fingerprint density at radius 2 is 1.86 bits per heavy atom. The van der Waals surface area contributed by atoms with Gasteiger partial charge in [-0.2, -0.15) is 0 Å². The number of sulfonamides is 1. The van der Waals surface area contributed by atoms with Gasteiger partial charge in [0.05, 0.1) is 0 Å². The Hall–Kier alpha value is -1.16. The van der Waals surface area contributed by atoms with Crippen LogP contribution >= 0.6 is 31.9 Å². The second kappa shape index (κ2) is 6.30. The number of carboxylic acids is 1. The zero-order valence-corrected chi connectivity index (χ0v) is 14.3. The van der Waals surface area contributed by atoms with E-state index in [1.807, 2.05) is 0 Å². The van der Waals surface area contributed by atoms with Gasteiger partial charge in [-0.05, 0) is 33.6 Å². The molecule has 2 N–H and O–H groups in total. The molecule has 0 fully saturated rings. The molecule has 0 aliphatic rings. The lowest BCUT2D eigenvalue weighted by Gasteiger charge is -2.05. The highest BCUT2D eigenvalue weighted by molar-refractivity contribution is 9.10. The van der Waals surface area contributed by atoms with Crippen LogP contribution in [0.1, 0.15) is 16.1 Å². The molecule has 0 aliphatic carbocycles. The average Bonchev–Trinajstić information content (AvgIpc) is 2.81. The van der Waals surface area contributed by atoms with Crippen molar-refractivity contribution in [1.82, 2.24) is 4.72 Å². The van der Waals surface area contributed by atoms with Crippen LogP contribution in [0.25, 0.3) is 0 Å². The van der Waals surface area contributed by atoms with Crippen LogP contribution in [0.2, 0.25) is 0 Å². The molecule has 0 amide bonds. The highest BCUT2D eigenvalue weighted by Gasteiger charge is 2.24. The average molecular weight is 439 g/mol. The molecule has 0 spiro atoms. The van der Waals surface area contributed by atoms with Crippen molar-refractivity contribution >= 4 is 47.9 Å². The summed E-state index contributed by atoms with van der Waals surface area (Å²) in [6.45, 7) is 0.0790. The van der Waals surface area contributed by atoms with Crippen LogP contribution < -0.4 is 4.72 Å². The second-order valence-electron chi connectivity index (χ2n) is 4.00. The Kier molecular flexibility index (Phi) is 4.87. The smallest absolute Gasteiger partial charge is 0.371 e. The van der Waals surface area contributed by atoms with Crippen LogP contribution in [-0.4, -0.2) is 19.5 Å². The van der Waals surface area contributed by atoms with Gasteiger partial charge in [-0.1, -0.05) is 28.1 Å². The molecule has 0 atom stereocenters. The molecular weight excluding hydrogens is 430 g/mol. The number of aromatic carboxylic acids is 1. The minimum absolute atomic E-state index is 0.0790. The van der Waals surface area contributed by atoms with Crippen molar-refractivity contribution in [2.75, 3.05) is 0 Å². The topological polar surface area (TPSA) is 96.6 Å². The molecule has 2 rings (SSSR count). The van der Waals surface area contributed by atoms with E-state index in [0.717, 1.165) is 16.1 Å². The summed E-state index contributed by atoms with van der Waals surface area (Å²) in [5.74, 6) is -1.80. The molecule has 2 aromatic rings. The SMILES string of the molecule is O=C(O)c1cc(S(=O)(=O)NCc2ccc(Br)cc2)c(Br)o1. The fourth-order valence-electron chi connectivity index (χ4n) is 1.50. The zero-order chi connectivity index (χ0) is 15.6. The molecular formula is C12H9Br2NO5S. The third-order valence-corrected chi connectivity index (χ3v) is 5.32. The van der Waals surface area contributed by atoms with Gasteiger partial charge in [-0.15, -0.1) is 0 Å². The highest BCUT2D eigenvalue weighted by atomic mass is 79.9. The van der Waals surface area contributed by atoms with Crippen molar-refractivity contribution in [2.24, 2.45) is 0 Å². The first kappa shape index (κ1) is 16.2. The van der Waals surface area contributed by atoms with E-state index < -0.39 is 21.8 Å². The summed E-state index contributed by atoms with van der Waals surface area (Å²) in [6.07, 6.45) is 0. The Labute approximate surface area is 137 Å². The maximum Gasteiger partial charge on any atom is 0.371 e. The number of carboxylic acid groups (broad SMARTS) is 1. The lowest BCUT2D eigenvalue weighted by molar-refractivity contribution is 0.0661. The number of hydrogen-bond acceptors (Lipinski definition) is 4. The molecule has 1 heterocycles. The van der Waals surface area contributed by atoms with Crippen LogP contribution in [0.3, 0.4) is 0 Å². The van der Waals surface area contributed by atoms with E-state index in [-0.39, 0.29) is 16.1 Å². The van der Waals surface area contributed by atoms with Gasteiger partial charge >= 0.3 is 5.97 Å². The molecule has 1 aromatic heterocycles. The van der Waals surface area contributed by atoms with Gasteiger partial charge in [-0.25, -0.2) is 17.9 Å². The van der Waals surface area contributed by atoms with Gasteiger partial charge < -0.3 is 9.52 Å². The van der Waals surface area contributed by atoms with Gasteiger partial charge in [0.1, 0.15) is 4.90 Å². The standard InChI is InChI=1S/C12H9Br2NO5S/c13-8-3-1-7(2-4-8)6-15-21(18,19)10-5-9(12(16)17)20-11(10)14/h1-5,15H,6H2,(H,16,17). The Morgan fingerprint density at radius 3 is 2.38 bits per heavy atom. The Balaban J connectivity index is 2.18. The Bertz CT molecular complexity index is 767. The molecule has 0 saturated heterocycles. The number of nitrogens with one attached hydrogen (secondary N) is 1. The first-order chi connectivity index (χ1) is 9.79. The molecule has 1 aromatic carbocycles. The van der Waals surface area contributed by atoms with Crippen LogP contribution in [0.4, 0.5) is 0 Å². The monoisotopic (exact) mass is 437 g/mol. The van der Waals surface area contributed by atoms with Crippen LogP contribution in [0, 0.1) is 0 Å². The van der Waals surface area contributed by atoms with Gasteiger partial charge in [0.2, 0.25) is 15.8 Å². The molecule has 112 valence electrons. The predicted octanol–water partition coefficient (Wildman–Crippen LogP) is 2.98. The van der Waals surface area contributed by atoms with Crippen molar-refractivity contribution in [3.63, 3.8) is 0 Å². The minimum Gasteiger partial charge on any atom is -0.475 e. The molecule has 0 bridgehead atoms. The van der Waals surface area contributed by atoms with E-state index in [2.05, 4.69) is 36.6 Å². The predicted molar refractivity (Wildman–Crippen MR) is 81.5 cm³/mol. The largest absolute Gasteiger partial charge is 0.475 e. The molecule has 0 unspecified atom stereocenters. The van der Waals surface area contributed by atoms with Gasteiger partial charge in [0.25, 0.3) is 0 Å². The fourth-order valence-corrected chi connectivity index (χ4v) is 3.72. The third-order valence-electron chi connectivity index (χ3n) is 2.54. The molecule has 0 saturated carbocycles. The number of hydrogen-bond donors (Lipinski definition) is 2. The van der Waals surface area contributed by atoms with Gasteiger partial charge in [0.15, 0.2) is 4.67 Å². The summed E-state index contributed by atoms with van der Waals surface area (Å²) in [5.41, 5.74) is 0.764. The van der Waals surface area contributed by atoms with E-state index in [1.165, 1.54) is 0 Å². The molecule has 0 radical (unpaired) electrons. The molecule has 9 heteroatoms. The van der Waals surface area contributed by atoms with Crippen molar-refractivity contribution in [3.05, 3.63) is 50.8 Å². The lowest BCUT2D eigenvalue weighted by Crippen LogP contribution is -2.23. The number of carbonyl (C=O) groups is 1. The molecule has 6 nitrogen and oxygen atoms in total. The first-order valence-corrected chi connectivity index (χ1v) is 8.63. The van der Waals surface area contributed by atoms with E-state index >= 15 is 0 Å². The number of halogens is 2. The fraction of sp³-hybridized carbons (Fsp3) is 0.0833. The summed E-state index contributed by atoms with van der Waals surface area (Å²) in [7, 11) is -3.88. The van der Waals surface area contributed by atoms with E-state index in [4.69, 9.17) is 9.52 Å². The van der Waals surface area contributed by atoms with Crippen molar-refractivity contribution in [1.29, 1.82) is 0 Å². The maximum atomic E-state index is 12.1. The van der Waals surface area contributed by atoms with Crippen molar-refractivity contribution in [3.8, 4) is 0 Å². The van der Waals surface area contributed by atoms with E-state index in [0.29, 0.717) is 0 Å². The summed E-state index contributed by atoms with van der Waals surface area (Å²) < 4.78 is 32.2. The first-order valence-electron chi connectivity index (χ1n) is 5.56. The normalized spacial score (nSPS) is 11.5. The molecule has 21 heavy (non-hydrogen) atoms. The quantitative estimate of drug-likeness (QED) is 0.747. The van der Waals surface area contributed by atoms with E-state index in [9.17, 15) is 13.2 Å². The van der Waals surface area contributed by atoms with Gasteiger partial charge in [0, 0.05) is 17.1 Å². The van der Waals surface area contributed by atoms with Crippen LogP contribution in [0.5, 0.6) is 0 Å². The van der Waals surface area contributed by atoms with Gasteiger partial charge in [-0.3, -0.25) is 0 Å². The zero-order valence-electron chi connectivity index (χ0n) is 10.3. The summed E-state index contributed by atoms with van der Waals surface area (Å²) in [4.78, 5) is 10.5. The number of rotatable bonds is 5.